The molecule has 1 N–H and O–H groups in total. The summed E-state index contributed by atoms with van der Waals surface area (Å²) in [6.07, 6.45) is 9.58. The van der Waals surface area contributed by atoms with Crippen molar-refractivity contribution in [3.63, 3.8) is 0 Å². The summed E-state index contributed by atoms with van der Waals surface area (Å²) in [5.41, 5.74) is 2.79. The molecule has 0 saturated carbocycles. The van der Waals surface area contributed by atoms with E-state index < -0.39 is 0 Å². The highest BCUT2D eigenvalue weighted by atomic mass is 35.5. The van der Waals surface area contributed by atoms with Gasteiger partial charge in [0.25, 0.3) is 0 Å². The van der Waals surface area contributed by atoms with Crippen molar-refractivity contribution in [2.24, 2.45) is 0 Å². The molecule has 0 bridgehead atoms. The number of anilines is 1. The van der Waals surface area contributed by atoms with Gasteiger partial charge in [-0.15, -0.1) is 0 Å². The van der Waals surface area contributed by atoms with Crippen molar-refractivity contribution < 1.29 is 0 Å². The zero-order valence-corrected chi connectivity index (χ0v) is 16.0. The molecule has 1 atom stereocenters. The molecule has 3 aromatic rings. The summed E-state index contributed by atoms with van der Waals surface area (Å²) in [7, 11) is 0. The summed E-state index contributed by atoms with van der Waals surface area (Å²) in [5.74, 6) is 0.740. The molecule has 2 heterocycles. The first-order valence-corrected chi connectivity index (χ1v) is 9.20. The Labute approximate surface area is 166 Å². The number of halogens is 3. The van der Waals surface area contributed by atoms with Crippen molar-refractivity contribution in [1.29, 1.82) is 0 Å². The lowest BCUT2D eigenvalue weighted by atomic mass is 9.88. The van der Waals surface area contributed by atoms with E-state index in [9.17, 15) is 0 Å². The van der Waals surface area contributed by atoms with Crippen LogP contribution in [0.15, 0.2) is 49.1 Å². The van der Waals surface area contributed by atoms with E-state index in [0.29, 0.717) is 21.5 Å². The van der Waals surface area contributed by atoms with Crippen molar-refractivity contribution >= 4 is 40.6 Å². The third-order valence-electron chi connectivity index (χ3n) is 3.87. The summed E-state index contributed by atoms with van der Waals surface area (Å²) in [6.45, 7) is 0. The fraction of sp³-hybridized carbons (Fsp3) is 0.222. The Morgan fingerprint density at radius 3 is 2.15 bits per heavy atom. The molecular formula is C18H16Cl3N5. The summed E-state index contributed by atoms with van der Waals surface area (Å²) in [5, 5.41) is 4.47. The second kappa shape index (κ2) is 9.12. The molecule has 0 radical (unpaired) electrons. The molecule has 134 valence electrons. The van der Waals surface area contributed by atoms with Crippen LogP contribution >= 0.6 is 34.8 Å². The molecule has 8 heteroatoms. The van der Waals surface area contributed by atoms with Crippen molar-refractivity contribution in [2.45, 2.75) is 25.3 Å². The first kappa shape index (κ1) is 18.8. The predicted molar refractivity (Wildman–Crippen MR) is 105 cm³/mol. The van der Waals surface area contributed by atoms with Crippen LogP contribution < -0.4 is 5.32 Å². The van der Waals surface area contributed by atoms with Gasteiger partial charge in [0.2, 0.25) is 0 Å². The molecule has 1 aliphatic carbocycles. The molecule has 0 fully saturated rings. The van der Waals surface area contributed by atoms with Gasteiger partial charge in [-0.05, 0) is 30.4 Å². The number of rotatable bonds is 2. The molecule has 1 aliphatic rings. The lowest BCUT2D eigenvalue weighted by Crippen LogP contribution is -2.17. The summed E-state index contributed by atoms with van der Waals surface area (Å²) in [4.78, 5) is 15.6. The summed E-state index contributed by atoms with van der Waals surface area (Å²) >= 11 is 16.6. The van der Waals surface area contributed by atoms with E-state index in [-0.39, 0.29) is 0 Å². The zero-order chi connectivity index (χ0) is 18.4. The number of nitrogens with one attached hydrogen (secondary N) is 1. The molecule has 26 heavy (non-hydrogen) atoms. The Bertz CT molecular complexity index is 857. The van der Waals surface area contributed by atoms with E-state index in [1.807, 2.05) is 0 Å². The average Bonchev–Trinajstić information content (AvgIpc) is 2.62. The van der Waals surface area contributed by atoms with Gasteiger partial charge in [0, 0.05) is 0 Å². The minimum Gasteiger partial charge on any atom is -0.362 e. The standard InChI is InChI=1S/C14H14ClN3.C4H2Cl2N2/c15-13-8-16-9-14(18-13)17-12-7-3-5-10-4-1-2-6-11(10)12;5-3-1-7-2-4(6)8-3/h1-2,4,6,8-9,12H,3,5,7H2,(H,17,18);1-2H/t12-;/m1./s1. The molecule has 2 aromatic heterocycles. The Kier molecular flexibility index (Phi) is 6.61. The van der Waals surface area contributed by atoms with Crippen LogP contribution in [-0.4, -0.2) is 19.9 Å². The second-order valence-corrected chi connectivity index (χ2v) is 6.84. The SMILES string of the molecule is Clc1cncc(Cl)n1.Clc1cncc(N[C@@H]2CCCc3ccccc32)n1. The highest BCUT2D eigenvalue weighted by Crippen LogP contribution is 2.31. The average molecular weight is 409 g/mol. The lowest BCUT2D eigenvalue weighted by molar-refractivity contribution is 0.598. The number of fused-ring (bicyclic) bond motifs is 1. The van der Waals surface area contributed by atoms with Crippen molar-refractivity contribution in [1.82, 2.24) is 19.9 Å². The van der Waals surface area contributed by atoms with Gasteiger partial charge in [0.15, 0.2) is 0 Å². The van der Waals surface area contributed by atoms with Crippen LogP contribution in [-0.2, 0) is 6.42 Å². The molecule has 1 aromatic carbocycles. The van der Waals surface area contributed by atoms with E-state index in [1.165, 1.54) is 29.9 Å². The summed E-state index contributed by atoms with van der Waals surface area (Å²) in [6, 6.07) is 8.88. The predicted octanol–water partition coefficient (Wildman–Crippen LogP) is 5.40. The van der Waals surface area contributed by atoms with Crippen molar-refractivity contribution in [3.8, 4) is 0 Å². The van der Waals surface area contributed by atoms with Gasteiger partial charge in [-0.1, -0.05) is 59.1 Å². The number of nitrogens with zero attached hydrogens (tertiary/aromatic N) is 4. The molecule has 0 spiro atoms. The van der Waals surface area contributed by atoms with Gasteiger partial charge in [0.05, 0.1) is 30.8 Å². The normalized spacial score (nSPS) is 15.4. The van der Waals surface area contributed by atoms with Crippen LogP contribution in [0.1, 0.15) is 30.0 Å². The van der Waals surface area contributed by atoms with Crippen LogP contribution in [0.3, 0.4) is 0 Å². The van der Waals surface area contributed by atoms with Crippen LogP contribution in [0.5, 0.6) is 0 Å². The molecule has 0 saturated heterocycles. The van der Waals surface area contributed by atoms with Gasteiger partial charge < -0.3 is 5.32 Å². The minimum atomic E-state index is 0.308. The molecule has 0 unspecified atom stereocenters. The van der Waals surface area contributed by atoms with Gasteiger partial charge >= 0.3 is 0 Å². The maximum atomic E-state index is 5.85. The topological polar surface area (TPSA) is 63.6 Å². The molecule has 0 amide bonds. The fourth-order valence-electron chi connectivity index (χ4n) is 2.81. The van der Waals surface area contributed by atoms with Gasteiger partial charge in [0.1, 0.15) is 21.3 Å². The fourth-order valence-corrected chi connectivity index (χ4v) is 3.30. The Morgan fingerprint density at radius 2 is 1.50 bits per heavy atom. The van der Waals surface area contributed by atoms with Gasteiger partial charge in [-0.3, -0.25) is 9.97 Å². The molecule has 5 nitrogen and oxygen atoms in total. The highest BCUT2D eigenvalue weighted by Gasteiger charge is 2.19. The van der Waals surface area contributed by atoms with Crippen LogP contribution in [0, 0.1) is 0 Å². The van der Waals surface area contributed by atoms with E-state index in [2.05, 4.69) is 49.5 Å². The maximum absolute atomic E-state index is 5.85. The molecule has 0 aliphatic heterocycles. The lowest BCUT2D eigenvalue weighted by Gasteiger charge is -2.26. The van der Waals surface area contributed by atoms with E-state index in [1.54, 1.807) is 12.4 Å². The number of aryl methyl sites for hydroxylation is 1. The number of aromatic nitrogens is 4. The molecule has 4 rings (SSSR count). The molecular weight excluding hydrogens is 393 g/mol. The monoisotopic (exact) mass is 407 g/mol. The first-order valence-electron chi connectivity index (χ1n) is 8.07. The van der Waals surface area contributed by atoms with Crippen molar-refractivity contribution in [3.05, 3.63) is 75.6 Å². The zero-order valence-electron chi connectivity index (χ0n) is 13.7. The third-order valence-corrected chi connectivity index (χ3v) is 4.42. The highest BCUT2D eigenvalue weighted by molar-refractivity contribution is 6.32. The number of hydrogen-bond acceptors (Lipinski definition) is 5. The van der Waals surface area contributed by atoms with Crippen LogP contribution in [0.25, 0.3) is 0 Å². The van der Waals surface area contributed by atoms with E-state index >= 15 is 0 Å². The Hall–Kier alpha value is -1.95. The van der Waals surface area contributed by atoms with Gasteiger partial charge in [-0.25, -0.2) is 9.97 Å². The van der Waals surface area contributed by atoms with E-state index in [0.717, 1.165) is 18.7 Å². The summed E-state index contributed by atoms with van der Waals surface area (Å²) < 4.78 is 0. The third kappa shape index (κ3) is 5.27. The van der Waals surface area contributed by atoms with Crippen LogP contribution in [0.4, 0.5) is 5.82 Å². The van der Waals surface area contributed by atoms with E-state index in [4.69, 9.17) is 34.8 Å². The Balaban J connectivity index is 0.000000206. The number of hydrogen-bond donors (Lipinski definition) is 1. The minimum absolute atomic E-state index is 0.308. The maximum Gasteiger partial charge on any atom is 0.149 e. The second-order valence-electron chi connectivity index (χ2n) is 5.68. The van der Waals surface area contributed by atoms with Gasteiger partial charge in [-0.2, -0.15) is 0 Å². The smallest absolute Gasteiger partial charge is 0.149 e. The van der Waals surface area contributed by atoms with Crippen LogP contribution in [0.2, 0.25) is 15.5 Å². The Morgan fingerprint density at radius 1 is 0.846 bits per heavy atom. The quantitative estimate of drug-likeness (QED) is 0.615. The largest absolute Gasteiger partial charge is 0.362 e. The number of benzene rings is 1. The first-order chi connectivity index (χ1) is 12.6. The van der Waals surface area contributed by atoms with Crippen molar-refractivity contribution in [2.75, 3.05) is 5.32 Å².